The molecule has 2 amide bonds. The van der Waals surface area contributed by atoms with Crippen LogP contribution >= 0.6 is 0 Å². The molecule has 2 aliphatic heterocycles. The lowest BCUT2D eigenvalue weighted by Crippen LogP contribution is -2.61. The normalized spacial score (nSPS) is 24.8. The van der Waals surface area contributed by atoms with Gasteiger partial charge in [-0.3, -0.25) is 4.79 Å². The van der Waals surface area contributed by atoms with E-state index in [1.54, 1.807) is 9.80 Å². The van der Waals surface area contributed by atoms with Gasteiger partial charge in [-0.1, -0.05) is 0 Å². The molecule has 2 heterocycles. The van der Waals surface area contributed by atoms with Crippen molar-refractivity contribution in [1.82, 2.24) is 9.80 Å². The number of morpholine rings is 1. The Morgan fingerprint density at radius 3 is 2.78 bits per heavy atom. The predicted octanol–water partition coefficient (Wildman–Crippen LogP) is 0.464. The maximum atomic E-state index is 11.9. The highest BCUT2D eigenvalue weighted by atomic mass is 16.6. The molecule has 0 aromatic heterocycles. The van der Waals surface area contributed by atoms with E-state index in [4.69, 9.17) is 9.47 Å². The van der Waals surface area contributed by atoms with Crippen LogP contribution in [-0.2, 0) is 14.3 Å². The van der Waals surface area contributed by atoms with Crippen molar-refractivity contribution in [3.05, 3.63) is 0 Å². The number of nitrogens with zero attached hydrogens (tertiary/aromatic N) is 2. The number of amides is 2. The van der Waals surface area contributed by atoms with Gasteiger partial charge in [-0.25, -0.2) is 4.79 Å². The van der Waals surface area contributed by atoms with Gasteiger partial charge in [0.1, 0.15) is 12.2 Å². The summed E-state index contributed by atoms with van der Waals surface area (Å²) in [5.41, 5.74) is -0.493. The van der Waals surface area contributed by atoms with E-state index in [9.17, 15) is 9.59 Å². The van der Waals surface area contributed by atoms with Crippen LogP contribution in [0.2, 0.25) is 0 Å². The fraction of sp³-hybridized carbons (Fsp3) is 0.833. The highest BCUT2D eigenvalue weighted by molar-refractivity contribution is 5.79. The number of hydrogen-bond acceptors (Lipinski definition) is 4. The smallest absolute Gasteiger partial charge is 0.410 e. The van der Waals surface area contributed by atoms with Crippen LogP contribution in [0.4, 0.5) is 4.79 Å². The monoisotopic (exact) mass is 256 g/mol. The molecule has 6 nitrogen and oxygen atoms in total. The Balaban J connectivity index is 1.94. The third-order valence-electron chi connectivity index (χ3n) is 2.99. The predicted molar refractivity (Wildman–Crippen MR) is 64.1 cm³/mol. The quantitative estimate of drug-likeness (QED) is 0.632. The average Bonchev–Trinajstić information content (AvgIpc) is 2.26. The molecule has 102 valence electrons. The SMILES string of the molecule is CC(C)(C)OC(=O)N1CCN2C(=O)COC[C@@H]2C1. The third kappa shape index (κ3) is 2.93. The van der Waals surface area contributed by atoms with Gasteiger partial charge in [-0.15, -0.1) is 0 Å². The summed E-state index contributed by atoms with van der Waals surface area (Å²) >= 11 is 0. The Labute approximate surface area is 107 Å². The molecular weight excluding hydrogens is 236 g/mol. The lowest BCUT2D eigenvalue weighted by Gasteiger charge is -2.43. The van der Waals surface area contributed by atoms with Crippen LogP contribution in [-0.4, -0.2) is 66.3 Å². The first-order valence-corrected chi connectivity index (χ1v) is 6.22. The molecular formula is C12H20N2O4. The van der Waals surface area contributed by atoms with Crippen LogP contribution in [0.5, 0.6) is 0 Å². The number of hydrogen-bond donors (Lipinski definition) is 0. The van der Waals surface area contributed by atoms with E-state index in [1.807, 2.05) is 20.8 Å². The molecule has 0 unspecified atom stereocenters. The summed E-state index contributed by atoms with van der Waals surface area (Å²) in [6.45, 7) is 7.75. The highest BCUT2D eigenvalue weighted by Crippen LogP contribution is 2.17. The van der Waals surface area contributed by atoms with Crippen molar-refractivity contribution >= 4 is 12.0 Å². The molecule has 2 rings (SSSR count). The van der Waals surface area contributed by atoms with Crippen LogP contribution in [0.3, 0.4) is 0 Å². The molecule has 6 heteroatoms. The number of rotatable bonds is 0. The van der Waals surface area contributed by atoms with E-state index in [2.05, 4.69) is 0 Å². The minimum atomic E-state index is -0.493. The van der Waals surface area contributed by atoms with E-state index in [-0.39, 0.29) is 24.6 Å². The van der Waals surface area contributed by atoms with Crippen molar-refractivity contribution in [2.45, 2.75) is 32.4 Å². The number of ether oxygens (including phenoxy) is 2. The zero-order chi connectivity index (χ0) is 13.3. The van der Waals surface area contributed by atoms with E-state index in [1.165, 1.54) is 0 Å². The van der Waals surface area contributed by atoms with Crippen molar-refractivity contribution in [2.24, 2.45) is 0 Å². The van der Waals surface area contributed by atoms with Crippen LogP contribution in [0.1, 0.15) is 20.8 Å². The fourth-order valence-electron chi connectivity index (χ4n) is 2.18. The van der Waals surface area contributed by atoms with Gasteiger partial charge in [-0.2, -0.15) is 0 Å². The van der Waals surface area contributed by atoms with Gasteiger partial charge in [-0.05, 0) is 20.8 Å². The minimum Gasteiger partial charge on any atom is -0.444 e. The van der Waals surface area contributed by atoms with Crippen molar-refractivity contribution in [1.29, 1.82) is 0 Å². The zero-order valence-corrected chi connectivity index (χ0v) is 11.1. The molecule has 0 saturated carbocycles. The summed E-state index contributed by atoms with van der Waals surface area (Å²) in [6, 6.07) is -0.0347. The number of fused-ring (bicyclic) bond motifs is 1. The molecule has 2 aliphatic rings. The van der Waals surface area contributed by atoms with Crippen LogP contribution in [0.15, 0.2) is 0 Å². The Morgan fingerprint density at radius 1 is 1.39 bits per heavy atom. The second-order valence-corrected chi connectivity index (χ2v) is 5.68. The topological polar surface area (TPSA) is 59.1 Å². The zero-order valence-electron chi connectivity index (χ0n) is 11.1. The Hall–Kier alpha value is -1.30. The Morgan fingerprint density at radius 2 is 2.11 bits per heavy atom. The summed E-state index contributed by atoms with van der Waals surface area (Å²) < 4.78 is 10.5. The van der Waals surface area contributed by atoms with Gasteiger partial charge in [0.25, 0.3) is 0 Å². The van der Waals surface area contributed by atoms with Crippen LogP contribution in [0, 0.1) is 0 Å². The molecule has 2 fully saturated rings. The van der Waals surface area contributed by atoms with Crippen molar-refractivity contribution in [3.63, 3.8) is 0 Å². The molecule has 0 radical (unpaired) electrons. The molecule has 0 bridgehead atoms. The van der Waals surface area contributed by atoms with Gasteiger partial charge in [0.2, 0.25) is 5.91 Å². The first kappa shape index (κ1) is 13.1. The molecule has 18 heavy (non-hydrogen) atoms. The molecule has 0 aromatic carbocycles. The van der Waals surface area contributed by atoms with Crippen molar-refractivity contribution in [3.8, 4) is 0 Å². The second kappa shape index (κ2) is 4.76. The van der Waals surface area contributed by atoms with Gasteiger partial charge < -0.3 is 19.3 Å². The van der Waals surface area contributed by atoms with Crippen molar-refractivity contribution < 1.29 is 19.1 Å². The molecule has 1 atom stereocenters. The summed E-state index contributed by atoms with van der Waals surface area (Å²) in [5, 5.41) is 0. The van der Waals surface area contributed by atoms with Crippen LogP contribution < -0.4 is 0 Å². The van der Waals surface area contributed by atoms with Crippen molar-refractivity contribution in [2.75, 3.05) is 32.8 Å². The maximum Gasteiger partial charge on any atom is 0.410 e. The summed E-state index contributed by atoms with van der Waals surface area (Å²) in [6.07, 6.45) is -0.319. The first-order valence-electron chi connectivity index (χ1n) is 6.22. The van der Waals surface area contributed by atoms with E-state index < -0.39 is 5.60 Å². The molecule has 0 aliphatic carbocycles. The molecule has 0 N–H and O–H groups in total. The second-order valence-electron chi connectivity index (χ2n) is 5.68. The van der Waals surface area contributed by atoms with Gasteiger partial charge >= 0.3 is 6.09 Å². The van der Waals surface area contributed by atoms with Gasteiger partial charge in [0.05, 0.1) is 12.6 Å². The van der Waals surface area contributed by atoms with E-state index in [0.717, 1.165) is 0 Å². The fourth-order valence-corrected chi connectivity index (χ4v) is 2.18. The molecule has 2 saturated heterocycles. The number of carbonyl (C=O) groups is 2. The Bertz CT molecular complexity index is 350. The van der Waals surface area contributed by atoms with Crippen LogP contribution in [0.25, 0.3) is 0 Å². The average molecular weight is 256 g/mol. The van der Waals surface area contributed by atoms with E-state index >= 15 is 0 Å². The number of piperazine rings is 1. The summed E-state index contributed by atoms with van der Waals surface area (Å²) in [7, 11) is 0. The minimum absolute atomic E-state index is 0.00934. The van der Waals surface area contributed by atoms with Gasteiger partial charge in [0.15, 0.2) is 0 Å². The molecule has 0 spiro atoms. The largest absolute Gasteiger partial charge is 0.444 e. The summed E-state index contributed by atoms with van der Waals surface area (Å²) in [4.78, 5) is 27.0. The third-order valence-corrected chi connectivity index (χ3v) is 2.99. The molecule has 0 aromatic rings. The van der Waals surface area contributed by atoms with Gasteiger partial charge in [0, 0.05) is 19.6 Å². The maximum absolute atomic E-state index is 11.9. The number of carbonyl (C=O) groups excluding carboxylic acids is 2. The Kier molecular flexibility index (Phi) is 3.47. The lowest BCUT2D eigenvalue weighted by atomic mass is 10.1. The van der Waals surface area contributed by atoms with E-state index in [0.29, 0.717) is 26.2 Å². The summed E-state index contributed by atoms with van der Waals surface area (Å²) in [5.74, 6) is 0.00934. The standard InChI is InChI=1S/C12H20N2O4/c1-12(2,3)18-11(16)13-4-5-14-9(6-13)7-17-8-10(14)15/h9H,4-8H2,1-3H3/t9-/m0/s1. The highest BCUT2D eigenvalue weighted by Gasteiger charge is 2.36. The lowest BCUT2D eigenvalue weighted by molar-refractivity contribution is -0.152. The first-order chi connectivity index (χ1) is 8.37.